The molecule has 0 aromatic heterocycles. The van der Waals surface area contributed by atoms with E-state index in [1.807, 2.05) is 0 Å². The molecule has 1 saturated carbocycles. The van der Waals surface area contributed by atoms with Gasteiger partial charge in [0, 0.05) is 16.7 Å². The van der Waals surface area contributed by atoms with E-state index < -0.39 is 11.4 Å². The van der Waals surface area contributed by atoms with Crippen molar-refractivity contribution >= 4 is 0 Å². The van der Waals surface area contributed by atoms with Crippen LogP contribution >= 0.6 is 0 Å². The molecule has 0 aliphatic heterocycles. The van der Waals surface area contributed by atoms with Gasteiger partial charge in [-0.25, -0.2) is 4.39 Å². The molecule has 0 radical (unpaired) electrons. The van der Waals surface area contributed by atoms with E-state index in [9.17, 15) is 9.50 Å². The van der Waals surface area contributed by atoms with Crippen LogP contribution in [0.4, 0.5) is 4.39 Å². The predicted octanol–water partition coefficient (Wildman–Crippen LogP) is 2.44. The first-order valence-electron chi connectivity index (χ1n) is 5.59. The molecule has 1 aromatic carbocycles. The molecule has 1 N–H and O–H groups in total. The Balaban J connectivity index is 2.75. The predicted molar refractivity (Wildman–Crippen MR) is 62.1 cm³/mol. The number of hydrogen-bond donors (Lipinski definition) is 1. The van der Waals surface area contributed by atoms with Crippen LogP contribution in [0.1, 0.15) is 29.5 Å². The fraction of sp³-hybridized carbons (Fsp3) is 0.538. The molecule has 1 fully saturated rings. The van der Waals surface area contributed by atoms with Crippen molar-refractivity contribution in [2.24, 2.45) is 0 Å². The third kappa shape index (κ3) is 1.67. The summed E-state index contributed by atoms with van der Waals surface area (Å²) in [5, 5.41) is 10.3. The molecule has 0 amide bonds. The normalized spacial score (nSPS) is 16.8. The summed E-state index contributed by atoms with van der Waals surface area (Å²) in [4.78, 5) is 0. The second kappa shape index (κ2) is 3.88. The maximum absolute atomic E-state index is 14.0. The van der Waals surface area contributed by atoms with Gasteiger partial charge in [0.25, 0.3) is 0 Å². The SMILES string of the molecule is COc1c(C)c(C2(O)CC2)c(OC)c(C)c1F. The number of halogens is 1. The quantitative estimate of drug-likeness (QED) is 0.882. The van der Waals surface area contributed by atoms with Crippen LogP contribution in [0.15, 0.2) is 0 Å². The highest BCUT2D eigenvalue weighted by Gasteiger charge is 2.47. The van der Waals surface area contributed by atoms with Crippen LogP contribution in [0, 0.1) is 19.7 Å². The van der Waals surface area contributed by atoms with Crippen molar-refractivity contribution in [3.63, 3.8) is 0 Å². The van der Waals surface area contributed by atoms with Gasteiger partial charge in [-0.05, 0) is 26.7 Å². The van der Waals surface area contributed by atoms with Gasteiger partial charge in [-0.2, -0.15) is 0 Å². The standard InChI is InChI=1S/C13H17FO3/c1-7-9(13(15)5-6-13)11(16-3)8(2)10(14)12(7)17-4/h15H,5-6H2,1-4H3. The zero-order valence-corrected chi connectivity index (χ0v) is 10.6. The van der Waals surface area contributed by atoms with E-state index in [0.29, 0.717) is 35.3 Å². The summed E-state index contributed by atoms with van der Waals surface area (Å²) in [6.45, 7) is 3.38. The lowest BCUT2D eigenvalue weighted by atomic mass is 9.96. The molecule has 1 aromatic rings. The number of benzene rings is 1. The number of rotatable bonds is 3. The smallest absolute Gasteiger partial charge is 0.171 e. The summed E-state index contributed by atoms with van der Waals surface area (Å²) in [6.07, 6.45) is 1.36. The van der Waals surface area contributed by atoms with E-state index in [2.05, 4.69) is 0 Å². The molecule has 4 heteroatoms. The van der Waals surface area contributed by atoms with E-state index in [1.54, 1.807) is 13.8 Å². The average Bonchev–Trinajstić information content (AvgIpc) is 3.03. The lowest BCUT2D eigenvalue weighted by Crippen LogP contribution is -2.13. The lowest BCUT2D eigenvalue weighted by Gasteiger charge is -2.21. The molecule has 1 aliphatic rings. The van der Waals surface area contributed by atoms with Gasteiger partial charge in [-0.3, -0.25) is 0 Å². The summed E-state index contributed by atoms with van der Waals surface area (Å²) in [6, 6.07) is 0. The van der Waals surface area contributed by atoms with Gasteiger partial charge in [0.1, 0.15) is 5.75 Å². The van der Waals surface area contributed by atoms with E-state index in [0.717, 1.165) is 0 Å². The lowest BCUT2D eigenvalue weighted by molar-refractivity contribution is 0.145. The molecule has 0 atom stereocenters. The molecular formula is C13H17FO3. The topological polar surface area (TPSA) is 38.7 Å². The average molecular weight is 240 g/mol. The fourth-order valence-electron chi connectivity index (χ4n) is 2.33. The van der Waals surface area contributed by atoms with Crippen molar-refractivity contribution in [1.82, 2.24) is 0 Å². The van der Waals surface area contributed by atoms with Crippen molar-refractivity contribution in [3.05, 3.63) is 22.5 Å². The molecular weight excluding hydrogens is 223 g/mol. The van der Waals surface area contributed by atoms with Crippen LogP contribution in [0.5, 0.6) is 11.5 Å². The maximum atomic E-state index is 14.0. The molecule has 0 heterocycles. The second-order valence-corrected chi connectivity index (χ2v) is 4.54. The van der Waals surface area contributed by atoms with E-state index in [1.165, 1.54) is 14.2 Å². The Kier molecular flexibility index (Phi) is 2.78. The summed E-state index contributed by atoms with van der Waals surface area (Å²) >= 11 is 0. The van der Waals surface area contributed by atoms with Gasteiger partial charge < -0.3 is 14.6 Å². The zero-order chi connectivity index (χ0) is 12.8. The van der Waals surface area contributed by atoms with Crippen LogP contribution < -0.4 is 9.47 Å². The van der Waals surface area contributed by atoms with Gasteiger partial charge in [-0.15, -0.1) is 0 Å². The Bertz CT molecular complexity index is 464. The van der Waals surface area contributed by atoms with Crippen LogP contribution in [0.25, 0.3) is 0 Å². The number of aliphatic hydroxyl groups is 1. The highest BCUT2D eigenvalue weighted by molar-refractivity contribution is 5.57. The number of hydrogen-bond acceptors (Lipinski definition) is 3. The van der Waals surface area contributed by atoms with Gasteiger partial charge in [-0.1, -0.05) is 0 Å². The second-order valence-electron chi connectivity index (χ2n) is 4.54. The number of methoxy groups -OCH3 is 2. The number of ether oxygens (including phenoxy) is 2. The molecule has 17 heavy (non-hydrogen) atoms. The first-order valence-corrected chi connectivity index (χ1v) is 5.59. The highest BCUT2D eigenvalue weighted by atomic mass is 19.1. The maximum Gasteiger partial charge on any atom is 0.171 e. The Hall–Kier alpha value is -1.29. The van der Waals surface area contributed by atoms with E-state index in [-0.39, 0.29) is 5.75 Å². The molecule has 0 spiro atoms. The Morgan fingerprint density at radius 3 is 2.00 bits per heavy atom. The van der Waals surface area contributed by atoms with Gasteiger partial charge >= 0.3 is 0 Å². The Labute approximate surface area is 100 Å². The monoisotopic (exact) mass is 240 g/mol. The summed E-state index contributed by atoms with van der Waals surface area (Å²) < 4.78 is 24.3. The minimum atomic E-state index is -0.874. The molecule has 0 saturated heterocycles. The van der Waals surface area contributed by atoms with E-state index >= 15 is 0 Å². The van der Waals surface area contributed by atoms with Crippen molar-refractivity contribution in [2.45, 2.75) is 32.3 Å². The van der Waals surface area contributed by atoms with Crippen molar-refractivity contribution in [1.29, 1.82) is 0 Å². The van der Waals surface area contributed by atoms with Crippen LogP contribution in [0.2, 0.25) is 0 Å². The summed E-state index contributed by atoms with van der Waals surface area (Å²) in [5.74, 6) is 0.203. The minimum absolute atomic E-state index is 0.193. The van der Waals surface area contributed by atoms with Crippen molar-refractivity contribution in [3.8, 4) is 11.5 Å². The van der Waals surface area contributed by atoms with Crippen molar-refractivity contribution in [2.75, 3.05) is 14.2 Å². The molecule has 0 bridgehead atoms. The first kappa shape index (κ1) is 12.2. The highest BCUT2D eigenvalue weighted by Crippen LogP contribution is 2.53. The van der Waals surface area contributed by atoms with Crippen LogP contribution in [-0.4, -0.2) is 19.3 Å². The molecule has 2 rings (SSSR count). The summed E-state index contributed by atoms with van der Waals surface area (Å²) in [7, 11) is 2.92. The van der Waals surface area contributed by atoms with Crippen LogP contribution in [-0.2, 0) is 5.60 Å². The van der Waals surface area contributed by atoms with Gasteiger partial charge in [0.2, 0.25) is 0 Å². The molecule has 94 valence electrons. The molecule has 0 unspecified atom stereocenters. The zero-order valence-electron chi connectivity index (χ0n) is 10.6. The third-order valence-electron chi connectivity index (χ3n) is 3.41. The summed E-state index contributed by atoms with van der Waals surface area (Å²) in [5.41, 5.74) is 0.787. The largest absolute Gasteiger partial charge is 0.496 e. The first-order chi connectivity index (χ1) is 7.96. The van der Waals surface area contributed by atoms with E-state index in [4.69, 9.17) is 9.47 Å². The Morgan fingerprint density at radius 2 is 1.59 bits per heavy atom. The van der Waals surface area contributed by atoms with Gasteiger partial charge in [0.15, 0.2) is 11.6 Å². The third-order valence-corrected chi connectivity index (χ3v) is 3.41. The minimum Gasteiger partial charge on any atom is -0.496 e. The van der Waals surface area contributed by atoms with Crippen molar-refractivity contribution < 1.29 is 19.0 Å². The van der Waals surface area contributed by atoms with Gasteiger partial charge in [0.05, 0.1) is 19.8 Å². The van der Waals surface area contributed by atoms with Crippen LogP contribution in [0.3, 0.4) is 0 Å². The molecule has 1 aliphatic carbocycles. The molecule has 3 nitrogen and oxygen atoms in total. The Morgan fingerprint density at radius 1 is 1.06 bits per heavy atom. The fourth-order valence-corrected chi connectivity index (χ4v) is 2.33.